The van der Waals surface area contributed by atoms with E-state index < -0.39 is 23.6 Å². The number of anilines is 1. The number of imide groups is 2. The molecule has 1 atom stereocenters. The quantitative estimate of drug-likeness (QED) is 0.511. The van der Waals surface area contributed by atoms with Crippen LogP contribution >= 0.6 is 0 Å². The number of hydrogen-bond acceptors (Lipinski definition) is 4. The molecule has 0 bridgehead atoms. The maximum absolute atomic E-state index is 13.7. The van der Waals surface area contributed by atoms with Crippen molar-refractivity contribution in [2.75, 3.05) is 4.90 Å². The van der Waals surface area contributed by atoms with Crippen LogP contribution in [0.1, 0.15) is 80.3 Å². The molecule has 172 valence electrons. The van der Waals surface area contributed by atoms with Crippen LogP contribution in [-0.2, 0) is 6.42 Å². The molecule has 2 aliphatic rings. The summed E-state index contributed by atoms with van der Waals surface area (Å²) in [6.45, 7) is 9.64. The van der Waals surface area contributed by atoms with Crippen LogP contribution in [0.2, 0.25) is 0 Å². The maximum Gasteiger partial charge on any atom is 0.266 e. The lowest BCUT2D eigenvalue weighted by Gasteiger charge is -2.36. The summed E-state index contributed by atoms with van der Waals surface area (Å²) in [7, 11) is 0. The Balaban J connectivity index is 1.75. The molecule has 0 saturated heterocycles. The maximum atomic E-state index is 13.7. The molecule has 34 heavy (non-hydrogen) atoms. The molecule has 5 rings (SSSR count). The molecule has 1 unspecified atom stereocenters. The Morgan fingerprint density at radius 3 is 1.62 bits per heavy atom. The minimum absolute atomic E-state index is 0.0842. The average molecular weight is 455 g/mol. The number of amides is 4. The molecule has 2 heterocycles. The predicted octanol–water partition coefficient (Wildman–Crippen LogP) is 5.15. The molecule has 0 fully saturated rings. The van der Waals surface area contributed by atoms with Crippen LogP contribution in [0.4, 0.5) is 5.69 Å². The summed E-state index contributed by atoms with van der Waals surface area (Å²) < 4.78 is 0. The SMILES string of the molecule is CCc1cccc(C)c1N1C(=O)c2ccc3c4c(ccc(c24)C1=O)C(=O)N(C(C)C(C)C)C3=O. The van der Waals surface area contributed by atoms with Crippen molar-refractivity contribution in [2.45, 2.75) is 47.1 Å². The minimum Gasteiger partial charge on any atom is -0.271 e. The smallest absolute Gasteiger partial charge is 0.266 e. The van der Waals surface area contributed by atoms with E-state index in [1.807, 2.05) is 52.8 Å². The average Bonchev–Trinajstić information content (AvgIpc) is 2.81. The van der Waals surface area contributed by atoms with Gasteiger partial charge in [0.25, 0.3) is 23.6 Å². The van der Waals surface area contributed by atoms with Crippen molar-refractivity contribution in [1.29, 1.82) is 0 Å². The molecule has 0 spiro atoms. The summed E-state index contributed by atoms with van der Waals surface area (Å²) in [4.78, 5) is 56.7. The first-order valence-corrected chi connectivity index (χ1v) is 11.6. The van der Waals surface area contributed by atoms with E-state index in [1.54, 1.807) is 24.3 Å². The number of aryl methyl sites for hydroxylation is 2. The number of carbonyl (C=O) groups is 4. The van der Waals surface area contributed by atoms with Gasteiger partial charge in [0.05, 0.1) is 5.69 Å². The molecule has 2 aliphatic heterocycles. The van der Waals surface area contributed by atoms with Crippen LogP contribution in [0.5, 0.6) is 0 Å². The van der Waals surface area contributed by atoms with E-state index in [0.717, 1.165) is 11.1 Å². The number of rotatable bonds is 4. The van der Waals surface area contributed by atoms with Gasteiger partial charge in [0, 0.05) is 39.1 Å². The Kier molecular flexibility index (Phi) is 4.93. The van der Waals surface area contributed by atoms with Crippen molar-refractivity contribution in [3.8, 4) is 0 Å². The van der Waals surface area contributed by atoms with Crippen LogP contribution in [-0.4, -0.2) is 34.6 Å². The van der Waals surface area contributed by atoms with Gasteiger partial charge in [-0.25, -0.2) is 4.90 Å². The normalized spacial score (nSPS) is 16.2. The first kappa shape index (κ1) is 22.0. The van der Waals surface area contributed by atoms with Crippen LogP contribution in [0.25, 0.3) is 10.8 Å². The van der Waals surface area contributed by atoms with E-state index in [0.29, 0.717) is 45.1 Å². The fraction of sp³-hybridized carbons (Fsp3) is 0.286. The molecule has 3 aromatic carbocycles. The van der Waals surface area contributed by atoms with Gasteiger partial charge in [-0.3, -0.25) is 24.1 Å². The van der Waals surface area contributed by atoms with Gasteiger partial charge in [-0.05, 0) is 61.6 Å². The number of nitrogens with zero attached hydrogens (tertiary/aromatic N) is 2. The van der Waals surface area contributed by atoms with E-state index in [-0.39, 0.29) is 12.0 Å². The van der Waals surface area contributed by atoms with Gasteiger partial charge >= 0.3 is 0 Å². The molecule has 3 aromatic rings. The third-order valence-corrected chi connectivity index (χ3v) is 7.22. The van der Waals surface area contributed by atoms with Crippen molar-refractivity contribution >= 4 is 40.1 Å². The van der Waals surface area contributed by atoms with Gasteiger partial charge < -0.3 is 0 Å². The fourth-order valence-electron chi connectivity index (χ4n) is 5.09. The minimum atomic E-state index is -0.442. The van der Waals surface area contributed by atoms with Gasteiger partial charge in [-0.15, -0.1) is 0 Å². The summed E-state index contributed by atoms with van der Waals surface area (Å²) in [5, 5.41) is 0.797. The van der Waals surface area contributed by atoms with Crippen molar-refractivity contribution < 1.29 is 19.2 Å². The summed E-state index contributed by atoms with van der Waals surface area (Å²) in [6.07, 6.45) is 0.668. The first-order valence-electron chi connectivity index (χ1n) is 11.6. The van der Waals surface area contributed by atoms with Gasteiger partial charge in [-0.1, -0.05) is 39.0 Å². The number of para-hydroxylation sites is 1. The van der Waals surface area contributed by atoms with E-state index in [4.69, 9.17) is 0 Å². The van der Waals surface area contributed by atoms with Crippen LogP contribution in [0.15, 0.2) is 42.5 Å². The summed E-state index contributed by atoms with van der Waals surface area (Å²) in [5.74, 6) is -1.58. The molecular formula is C28H26N2O4. The van der Waals surface area contributed by atoms with Crippen LogP contribution in [0.3, 0.4) is 0 Å². The number of hydrogen-bond donors (Lipinski definition) is 0. The van der Waals surface area contributed by atoms with Crippen molar-refractivity contribution in [3.05, 3.63) is 75.8 Å². The third kappa shape index (κ3) is 2.81. The van der Waals surface area contributed by atoms with E-state index in [9.17, 15) is 19.2 Å². The highest BCUT2D eigenvalue weighted by atomic mass is 16.2. The molecule has 0 N–H and O–H groups in total. The molecule has 0 aliphatic carbocycles. The predicted molar refractivity (Wildman–Crippen MR) is 130 cm³/mol. The largest absolute Gasteiger partial charge is 0.271 e. The second-order valence-corrected chi connectivity index (χ2v) is 9.42. The highest BCUT2D eigenvalue weighted by Crippen LogP contribution is 2.41. The van der Waals surface area contributed by atoms with Crippen molar-refractivity contribution in [3.63, 3.8) is 0 Å². The fourth-order valence-corrected chi connectivity index (χ4v) is 5.09. The van der Waals surface area contributed by atoms with E-state index >= 15 is 0 Å². The third-order valence-electron chi connectivity index (χ3n) is 7.22. The van der Waals surface area contributed by atoms with Gasteiger partial charge in [0.2, 0.25) is 0 Å². The molecule has 0 radical (unpaired) electrons. The Hall–Kier alpha value is -3.80. The van der Waals surface area contributed by atoms with Crippen molar-refractivity contribution in [1.82, 2.24) is 4.90 Å². The topological polar surface area (TPSA) is 74.8 Å². The zero-order valence-electron chi connectivity index (χ0n) is 19.9. The Morgan fingerprint density at radius 2 is 1.18 bits per heavy atom. The zero-order valence-corrected chi connectivity index (χ0v) is 19.9. The lowest BCUT2D eigenvalue weighted by Crippen LogP contribution is -2.48. The number of carbonyl (C=O) groups excluding carboxylic acids is 4. The molecule has 6 nitrogen and oxygen atoms in total. The van der Waals surface area contributed by atoms with E-state index in [1.165, 1.54) is 9.80 Å². The molecule has 0 aromatic heterocycles. The molecule has 6 heteroatoms. The highest BCUT2D eigenvalue weighted by Gasteiger charge is 2.42. The lowest BCUT2D eigenvalue weighted by molar-refractivity contribution is 0.0512. The zero-order chi connectivity index (χ0) is 24.5. The lowest BCUT2D eigenvalue weighted by atomic mass is 9.84. The van der Waals surface area contributed by atoms with Gasteiger partial charge in [0.15, 0.2) is 0 Å². The number of benzene rings is 3. The Bertz CT molecular complexity index is 1370. The first-order chi connectivity index (χ1) is 16.2. The standard InChI is InChI=1S/C28H26N2O4/c1-6-17-9-7-8-15(4)24(17)30-27(33)20-12-10-18-22-19(11-13-21(23(20)22)28(30)34)26(32)29(25(18)31)16(5)14(2)3/h7-14,16H,6H2,1-5H3. The molecule has 0 saturated carbocycles. The van der Waals surface area contributed by atoms with Crippen LogP contribution < -0.4 is 4.90 Å². The Morgan fingerprint density at radius 1 is 0.706 bits per heavy atom. The monoisotopic (exact) mass is 454 g/mol. The Labute approximate surface area is 198 Å². The highest BCUT2D eigenvalue weighted by molar-refractivity contribution is 6.39. The van der Waals surface area contributed by atoms with Crippen molar-refractivity contribution in [2.24, 2.45) is 5.92 Å². The van der Waals surface area contributed by atoms with Crippen LogP contribution in [0, 0.1) is 12.8 Å². The summed E-state index contributed by atoms with van der Waals surface area (Å²) in [6, 6.07) is 11.9. The van der Waals surface area contributed by atoms with Gasteiger partial charge in [-0.2, -0.15) is 0 Å². The molecular weight excluding hydrogens is 428 g/mol. The summed E-state index contributed by atoms with van der Waals surface area (Å²) >= 11 is 0. The van der Waals surface area contributed by atoms with Gasteiger partial charge in [0.1, 0.15) is 0 Å². The molecule has 4 amide bonds. The second-order valence-electron chi connectivity index (χ2n) is 9.42. The second kappa shape index (κ2) is 7.62. The summed E-state index contributed by atoms with van der Waals surface area (Å²) in [5.41, 5.74) is 3.68. The van der Waals surface area contributed by atoms with E-state index in [2.05, 4.69) is 0 Å².